The summed E-state index contributed by atoms with van der Waals surface area (Å²) in [5, 5.41) is 16.0. The van der Waals surface area contributed by atoms with Crippen molar-refractivity contribution in [1.29, 1.82) is 0 Å². The quantitative estimate of drug-likeness (QED) is 0.833. The number of anilines is 2. The summed E-state index contributed by atoms with van der Waals surface area (Å²) < 4.78 is 0. The van der Waals surface area contributed by atoms with E-state index in [2.05, 4.69) is 10.3 Å². The average Bonchev–Trinajstić information content (AvgIpc) is 2.86. The Labute approximate surface area is 105 Å². The van der Waals surface area contributed by atoms with Crippen LogP contribution in [0.25, 0.3) is 0 Å². The number of nitrogens with one attached hydrogen (secondary N) is 1. The van der Waals surface area contributed by atoms with Crippen molar-refractivity contribution in [1.82, 2.24) is 4.98 Å². The molecule has 0 aromatic carbocycles. The fourth-order valence-corrected chi connectivity index (χ4v) is 2.68. The van der Waals surface area contributed by atoms with Gasteiger partial charge in [0, 0.05) is 12.3 Å². The molecule has 7 heteroatoms. The SMILES string of the molecule is CC(=O)c1sc(Nc2ccsc2)nc1C(=O)O. The normalized spacial score (nSPS) is 10.2. The molecular formula is C10H8N2O3S2. The Hall–Kier alpha value is -1.73. The van der Waals surface area contributed by atoms with Crippen molar-refractivity contribution in [3.05, 3.63) is 27.4 Å². The van der Waals surface area contributed by atoms with Crippen molar-refractivity contribution in [2.24, 2.45) is 0 Å². The van der Waals surface area contributed by atoms with Crippen molar-refractivity contribution in [2.45, 2.75) is 6.92 Å². The Kier molecular flexibility index (Phi) is 3.21. The molecule has 0 aliphatic rings. The fraction of sp³-hybridized carbons (Fsp3) is 0.100. The number of Topliss-reactive ketones (excluding diaryl/α,β-unsaturated/α-hetero) is 1. The molecule has 0 fully saturated rings. The summed E-state index contributed by atoms with van der Waals surface area (Å²) in [6.07, 6.45) is 0. The second-order valence-corrected chi connectivity index (χ2v) is 4.97. The highest BCUT2D eigenvalue weighted by atomic mass is 32.1. The van der Waals surface area contributed by atoms with Gasteiger partial charge in [-0.05, 0) is 11.4 Å². The maximum atomic E-state index is 11.3. The molecule has 17 heavy (non-hydrogen) atoms. The first-order valence-corrected chi connectivity index (χ1v) is 6.38. The highest BCUT2D eigenvalue weighted by Crippen LogP contribution is 2.27. The number of thiazole rings is 1. The number of hydrogen-bond acceptors (Lipinski definition) is 6. The number of hydrogen-bond donors (Lipinski definition) is 2. The Morgan fingerprint density at radius 2 is 2.24 bits per heavy atom. The smallest absolute Gasteiger partial charge is 0.356 e. The van der Waals surface area contributed by atoms with Crippen molar-refractivity contribution >= 4 is 45.2 Å². The van der Waals surface area contributed by atoms with Crippen LogP contribution in [0.5, 0.6) is 0 Å². The third-order valence-electron chi connectivity index (χ3n) is 1.92. The number of aromatic nitrogens is 1. The van der Waals surface area contributed by atoms with E-state index in [4.69, 9.17) is 5.11 Å². The third-order valence-corrected chi connectivity index (χ3v) is 3.68. The van der Waals surface area contributed by atoms with Crippen molar-refractivity contribution < 1.29 is 14.7 Å². The van der Waals surface area contributed by atoms with E-state index in [1.54, 1.807) is 0 Å². The lowest BCUT2D eigenvalue weighted by molar-refractivity contribution is 0.0687. The van der Waals surface area contributed by atoms with Crippen LogP contribution in [0.4, 0.5) is 10.8 Å². The molecule has 88 valence electrons. The van der Waals surface area contributed by atoms with E-state index in [0.717, 1.165) is 17.0 Å². The molecule has 0 atom stereocenters. The van der Waals surface area contributed by atoms with Crippen LogP contribution in [0.2, 0.25) is 0 Å². The van der Waals surface area contributed by atoms with Crippen LogP contribution in [0.3, 0.4) is 0 Å². The molecule has 0 aliphatic heterocycles. The molecular weight excluding hydrogens is 260 g/mol. The van der Waals surface area contributed by atoms with Gasteiger partial charge in [0.15, 0.2) is 16.6 Å². The summed E-state index contributed by atoms with van der Waals surface area (Å²) in [5.41, 5.74) is 0.635. The van der Waals surface area contributed by atoms with Gasteiger partial charge in [0.25, 0.3) is 0 Å². The van der Waals surface area contributed by atoms with Gasteiger partial charge < -0.3 is 10.4 Å². The van der Waals surface area contributed by atoms with Crippen molar-refractivity contribution in [2.75, 3.05) is 5.32 Å². The van der Waals surface area contributed by atoms with Crippen LogP contribution in [-0.2, 0) is 0 Å². The standard InChI is InChI=1S/C10H8N2O3S2/c1-5(13)8-7(9(14)15)12-10(17-8)11-6-2-3-16-4-6/h2-4H,1H3,(H,11,12)(H,14,15). The zero-order chi connectivity index (χ0) is 12.4. The van der Waals surface area contributed by atoms with Gasteiger partial charge in [-0.25, -0.2) is 9.78 Å². The Balaban J connectivity index is 2.34. The maximum Gasteiger partial charge on any atom is 0.356 e. The van der Waals surface area contributed by atoms with Crippen molar-refractivity contribution in [3.63, 3.8) is 0 Å². The van der Waals surface area contributed by atoms with Gasteiger partial charge in [0.05, 0.1) is 5.69 Å². The van der Waals surface area contributed by atoms with Gasteiger partial charge in [-0.2, -0.15) is 11.3 Å². The number of aromatic carboxylic acids is 1. The summed E-state index contributed by atoms with van der Waals surface area (Å²) in [6, 6.07) is 1.85. The van der Waals surface area contributed by atoms with Gasteiger partial charge in [0.2, 0.25) is 0 Å². The molecule has 2 N–H and O–H groups in total. The lowest BCUT2D eigenvalue weighted by Gasteiger charge is -1.95. The second-order valence-electron chi connectivity index (χ2n) is 3.20. The molecule has 0 bridgehead atoms. The lowest BCUT2D eigenvalue weighted by atomic mass is 10.3. The van der Waals surface area contributed by atoms with Crippen LogP contribution >= 0.6 is 22.7 Å². The van der Waals surface area contributed by atoms with E-state index in [1.165, 1.54) is 18.3 Å². The first-order valence-electron chi connectivity index (χ1n) is 4.62. The monoisotopic (exact) mass is 268 g/mol. The van der Waals surface area contributed by atoms with Gasteiger partial charge in [-0.3, -0.25) is 4.79 Å². The number of carboxylic acid groups (broad SMARTS) is 1. The average molecular weight is 268 g/mol. The highest BCUT2D eigenvalue weighted by molar-refractivity contribution is 7.18. The summed E-state index contributed by atoms with van der Waals surface area (Å²) >= 11 is 2.56. The van der Waals surface area contributed by atoms with E-state index < -0.39 is 5.97 Å². The number of carboxylic acids is 1. The zero-order valence-electron chi connectivity index (χ0n) is 8.76. The van der Waals surface area contributed by atoms with Crippen LogP contribution in [0.15, 0.2) is 16.8 Å². The Morgan fingerprint density at radius 3 is 2.71 bits per heavy atom. The number of rotatable bonds is 4. The van der Waals surface area contributed by atoms with E-state index >= 15 is 0 Å². The molecule has 5 nitrogen and oxygen atoms in total. The van der Waals surface area contributed by atoms with E-state index in [9.17, 15) is 9.59 Å². The minimum atomic E-state index is -1.19. The largest absolute Gasteiger partial charge is 0.476 e. The summed E-state index contributed by atoms with van der Waals surface area (Å²) in [6.45, 7) is 1.33. The topological polar surface area (TPSA) is 79.3 Å². The number of thiophene rings is 1. The highest BCUT2D eigenvalue weighted by Gasteiger charge is 2.20. The molecule has 2 aromatic rings. The maximum absolute atomic E-state index is 11.3. The summed E-state index contributed by atoms with van der Waals surface area (Å²) in [7, 11) is 0. The molecule has 0 amide bonds. The molecule has 2 heterocycles. The second kappa shape index (κ2) is 4.64. The Morgan fingerprint density at radius 1 is 1.47 bits per heavy atom. The van der Waals surface area contributed by atoms with Gasteiger partial charge in [0.1, 0.15) is 4.88 Å². The third kappa shape index (κ3) is 2.51. The van der Waals surface area contributed by atoms with Gasteiger partial charge >= 0.3 is 5.97 Å². The van der Waals surface area contributed by atoms with Crippen LogP contribution in [-0.4, -0.2) is 21.8 Å². The Bertz CT molecular complexity index is 529. The number of carbonyl (C=O) groups excluding carboxylic acids is 1. The number of ketones is 1. The molecule has 0 aliphatic carbocycles. The summed E-state index contributed by atoms with van der Waals surface area (Å²) in [4.78, 5) is 26.2. The van der Waals surface area contributed by atoms with E-state index in [0.29, 0.717) is 5.13 Å². The van der Waals surface area contributed by atoms with Crippen LogP contribution in [0.1, 0.15) is 27.1 Å². The van der Waals surface area contributed by atoms with Crippen LogP contribution < -0.4 is 5.32 Å². The van der Waals surface area contributed by atoms with E-state index in [-0.39, 0.29) is 16.4 Å². The molecule has 0 saturated heterocycles. The van der Waals surface area contributed by atoms with Crippen molar-refractivity contribution in [3.8, 4) is 0 Å². The first-order chi connectivity index (χ1) is 8.08. The number of nitrogens with zero attached hydrogens (tertiary/aromatic N) is 1. The summed E-state index contributed by atoms with van der Waals surface area (Å²) in [5.74, 6) is -1.48. The molecule has 2 aromatic heterocycles. The number of carbonyl (C=O) groups is 2. The molecule has 0 radical (unpaired) electrons. The van der Waals surface area contributed by atoms with Gasteiger partial charge in [-0.1, -0.05) is 11.3 Å². The zero-order valence-corrected chi connectivity index (χ0v) is 10.4. The minimum absolute atomic E-state index is 0.162. The molecule has 0 spiro atoms. The predicted molar refractivity (Wildman–Crippen MR) is 66.7 cm³/mol. The molecule has 0 unspecified atom stereocenters. The molecule has 0 saturated carbocycles. The lowest BCUT2D eigenvalue weighted by Crippen LogP contribution is -2.03. The van der Waals surface area contributed by atoms with E-state index in [1.807, 2.05) is 16.8 Å². The van der Waals surface area contributed by atoms with Crippen LogP contribution in [0, 0.1) is 0 Å². The minimum Gasteiger partial charge on any atom is -0.476 e. The molecule has 2 rings (SSSR count). The first kappa shape index (κ1) is 11.7. The van der Waals surface area contributed by atoms with Gasteiger partial charge in [-0.15, -0.1) is 0 Å². The predicted octanol–water partition coefficient (Wildman–Crippen LogP) is 2.85. The fourth-order valence-electron chi connectivity index (χ4n) is 1.22.